The molecule has 0 amide bonds. The van der Waals surface area contributed by atoms with Gasteiger partial charge in [0.05, 0.1) is 18.2 Å². The van der Waals surface area contributed by atoms with Gasteiger partial charge >= 0.3 is 0 Å². The number of carbonyl (C=O) groups excluding carboxylic acids is 1. The van der Waals surface area contributed by atoms with Crippen LogP contribution in [0.25, 0.3) is 0 Å². The van der Waals surface area contributed by atoms with Crippen LogP contribution in [0.2, 0.25) is 0 Å². The number of hydrogen-bond donors (Lipinski definition) is 0. The molecule has 1 aromatic rings. The molecule has 0 radical (unpaired) electrons. The molecule has 0 unspecified atom stereocenters. The normalized spacial score (nSPS) is 11.9. The molecule has 0 fully saturated rings. The van der Waals surface area contributed by atoms with E-state index in [9.17, 15) is 4.79 Å². The largest absolute Gasteiger partial charge is 0.493 e. The topological polar surface area (TPSA) is 50.1 Å². The lowest BCUT2D eigenvalue weighted by atomic mass is 9.98. The van der Waals surface area contributed by atoms with E-state index in [0.717, 1.165) is 0 Å². The number of hydrogen-bond acceptors (Lipinski definition) is 3. The summed E-state index contributed by atoms with van der Waals surface area (Å²) in [4.78, 5) is 11.7. The molecular formula is C14H17NO2. The van der Waals surface area contributed by atoms with Crippen molar-refractivity contribution < 1.29 is 9.53 Å². The minimum Gasteiger partial charge on any atom is -0.493 e. The summed E-state index contributed by atoms with van der Waals surface area (Å²) in [7, 11) is 0. The van der Waals surface area contributed by atoms with Crippen molar-refractivity contribution in [2.24, 2.45) is 11.8 Å². The Kier molecular flexibility index (Phi) is 4.71. The number of ketones is 1. The van der Waals surface area contributed by atoms with Crippen molar-refractivity contribution in [3.8, 4) is 11.8 Å². The van der Waals surface area contributed by atoms with Gasteiger partial charge in [-0.15, -0.1) is 0 Å². The van der Waals surface area contributed by atoms with Gasteiger partial charge in [-0.3, -0.25) is 4.79 Å². The zero-order valence-corrected chi connectivity index (χ0v) is 10.4. The Morgan fingerprint density at radius 3 is 2.71 bits per heavy atom. The molecule has 0 N–H and O–H groups in total. The van der Waals surface area contributed by atoms with Crippen molar-refractivity contribution in [3.05, 3.63) is 29.8 Å². The van der Waals surface area contributed by atoms with Crippen LogP contribution in [0, 0.1) is 23.2 Å². The third kappa shape index (κ3) is 3.92. The fourth-order valence-corrected chi connectivity index (χ4v) is 1.53. The molecule has 0 aliphatic heterocycles. The van der Waals surface area contributed by atoms with E-state index in [-0.39, 0.29) is 17.6 Å². The van der Waals surface area contributed by atoms with E-state index >= 15 is 0 Å². The second-order valence-corrected chi connectivity index (χ2v) is 4.41. The van der Waals surface area contributed by atoms with Gasteiger partial charge < -0.3 is 4.74 Å². The van der Waals surface area contributed by atoms with Gasteiger partial charge in [0.2, 0.25) is 0 Å². The number of ether oxygens (including phenoxy) is 1. The van der Waals surface area contributed by atoms with E-state index in [1.807, 2.05) is 26.8 Å². The van der Waals surface area contributed by atoms with Crippen molar-refractivity contribution in [2.45, 2.75) is 20.8 Å². The monoisotopic (exact) mass is 231 g/mol. The average Bonchev–Trinajstić information content (AvgIpc) is 2.35. The summed E-state index contributed by atoms with van der Waals surface area (Å²) >= 11 is 0. The lowest BCUT2D eigenvalue weighted by Gasteiger charge is -2.14. The van der Waals surface area contributed by atoms with Gasteiger partial charge in [-0.25, -0.2) is 0 Å². The van der Waals surface area contributed by atoms with E-state index < -0.39 is 0 Å². The van der Waals surface area contributed by atoms with Crippen LogP contribution < -0.4 is 4.74 Å². The summed E-state index contributed by atoms with van der Waals surface area (Å²) in [5.41, 5.74) is 0.560. The molecule has 0 aliphatic rings. The van der Waals surface area contributed by atoms with Gasteiger partial charge in [-0.2, -0.15) is 5.26 Å². The van der Waals surface area contributed by atoms with Crippen LogP contribution in [-0.2, 0) is 4.79 Å². The van der Waals surface area contributed by atoms with E-state index in [2.05, 4.69) is 0 Å². The number of nitrogens with zero attached hydrogens (tertiary/aromatic N) is 1. The molecule has 1 aromatic carbocycles. The lowest BCUT2D eigenvalue weighted by Crippen LogP contribution is -2.23. The molecule has 3 heteroatoms. The summed E-state index contributed by atoms with van der Waals surface area (Å²) in [6, 6.07) is 8.99. The van der Waals surface area contributed by atoms with Crippen LogP contribution in [0.1, 0.15) is 26.3 Å². The molecular weight excluding hydrogens is 214 g/mol. The maximum atomic E-state index is 11.7. The first-order valence-electron chi connectivity index (χ1n) is 5.71. The van der Waals surface area contributed by atoms with Crippen LogP contribution in [0.4, 0.5) is 0 Å². The molecule has 1 atom stereocenters. The van der Waals surface area contributed by atoms with E-state index in [1.54, 1.807) is 24.3 Å². The van der Waals surface area contributed by atoms with E-state index in [4.69, 9.17) is 10.00 Å². The minimum absolute atomic E-state index is 0.0269. The molecule has 17 heavy (non-hydrogen) atoms. The van der Waals surface area contributed by atoms with Crippen LogP contribution >= 0.6 is 0 Å². The van der Waals surface area contributed by atoms with Gasteiger partial charge in [-0.1, -0.05) is 26.8 Å². The van der Waals surface area contributed by atoms with Crippen LogP contribution in [-0.4, -0.2) is 12.4 Å². The summed E-state index contributed by atoms with van der Waals surface area (Å²) in [6.07, 6.45) is 0. The predicted octanol–water partition coefficient (Wildman–Crippen LogP) is 2.80. The Morgan fingerprint density at radius 2 is 2.12 bits per heavy atom. The van der Waals surface area contributed by atoms with Gasteiger partial charge in [0.25, 0.3) is 0 Å². The van der Waals surface area contributed by atoms with Gasteiger partial charge in [0, 0.05) is 11.8 Å². The smallest absolute Gasteiger partial charge is 0.141 e. The first kappa shape index (κ1) is 13.2. The van der Waals surface area contributed by atoms with Crippen LogP contribution in [0.3, 0.4) is 0 Å². The quantitative estimate of drug-likeness (QED) is 0.783. The van der Waals surface area contributed by atoms with Gasteiger partial charge in [-0.05, 0) is 18.2 Å². The first-order chi connectivity index (χ1) is 8.04. The average molecular weight is 231 g/mol. The summed E-state index contributed by atoms with van der Waals surface area (Å²) in [6.45, 7) is 5.98. The van der Waals surface area contributed by atoms with E-state index in [1.165, 1.54) is 0 Å². The Hall–Kier alpha value is -1.82. The fraction of sp³-hybridized carbons (Fsp3) is 0.429. The molecule has 1 rings (SSSR count). The van der Waals surface area contributed by atoms with Crippen molar-refractivity contribution in [1.82, 2.24) is 0 Å². The Morgan fingerprint density at radius 1 is 1.41 bits per heavy atom. The molecule has 0 saturated heterocycles. The molecule has 0 bridgehead atoms. The Balaban J connectivity index is 2.56. The SMILES string of the molecule is CC(C)C(=O)[C@H](C)COc1cccc(C#N)c1. The zero-order chi connectivity index (χ0) is 12.8. The van der Waals surface area contributed by atoms with Gasteiger partial charge in [0.15, 0.2) is 0 Å². The summed E-state index contributed by atoms with van der Waals surface area (Å²) < 4.78 is 5.51. The number of nitriles is 1. The number of benzene rings is 1. The molecule has 0 aliphatic carbocycles. The molecule has 90 valence electrons. The van der Waals surface area contributed by atoms with Crippen molar-refractivity contribution in [2.75, 3.05) is 6.61 Å². The first-order valence-corrected chi connectivity index (χ1v) is 5.71. The third-order valence-electron chi connectivity index (χ3n) is 2.52. The lowest BCUT2D eigenvalue weighted by molar-refractivity contribution is -0.126. The molecule has 0 aromatic heterocycles. The van der Waals surface area contributed by atoms with E-state index in [0.29, 0.717) is 17.9 Å². The number of Topliss-reactive ketones (excluding diaryl/α,β-unsaturated/α-hetero) is 1. The minimum atomic E-state index is -0.124. The summed E-state index contributed by atoms with van der Waals surface area (Å²) in [5, 5.41) is 8.74. The predicted molar refractivity (Wildman–Crippen MR) is 65.7 cm³/mol. The second-order valence-electron chi connectivity index (χ2n) is 4.41. The summed E-state index contributed by atoms with van der Waals surface area (Å²) in [5.74, 6) is 0.730. The molecule has 3 nitrogen and oxygen atoms in total. The van der Waals surface area contributed by atoms with Crippen molar-refractivity contribution in [1.29, 1.82) is 5.26 Å². The fourth-order valence-electron chi connectivity index (χ4n) is 1.53. The van der Waals surface area contributed by atoms with Crippen LogP contribution in [0.15, 0.2) is 24.3 Å². The number of carbonyl (C=O) groups is 1. The molecule has 0 heterocycles. The van der Waals surface area contributed by atoms with Crippen LogP contribution in [0.5, 0.6) is 5.75 Å². The standard InChI is InChI=1S/C14H17NO2/c1-10(2)14(16)11(3)9-17-13-6-4-5-12(7-13)8-15/h4-7,10-11H,9H2,1-3H3/t11-/m1/s1. The number of rotatable bonds is 5. The van der Waals surface area contributed by atoms with Crippen molar-refractivity contribution >= 4 is 5.78 Å². The van der Waals surface area contributed by atoms with Crippen molar-refractivity contribution in [3.63, 3.8) is 0 Å². The molecule has 0 saturated carbocycles. The second kappa shape index (κ2) is 6.05. The van der Waals surface area contributed by atoms with Gasteiger partial charge in [0.1, 0.15) is 11.5 Å². The molecule has 0 spiro atoms. The maximum Gasteiger partial charge on any atom is 0.141 e. The maximum absolute atomic E-state index is 11.7. The highest BCUT2D eigenvalue weighted by molar-refractivity contribution is 5.82. The highest BCUT2D eigenvalue weighted by Crippen LogP contribution is 2.15. The highest BCUT2D eigenvalue weighted by Gasteiger charge is 2.16. The Bertz CT molecular complexity index is 432. The third-order valence-corrected chi connectivity index (χ3v) is 2.52. The Labute approximate surface area is 102 Å². The highest BCUT2D eigenvalue weighted by atomic mass is 16.5. The zero-order valence-electron chi connectivity index (χ0n) is 10.4.